The Morgan fingerprint density at radius 3 is 2.50 bits per heavy atom. The number of benzene rings is 1. The minimum absolute atomic E-state index is 0.0107. The number of piperidine rings is 1. The third kappa shape index (κ3) is 4.81. The van der Waals surface area contributed by atoms with Gasteiger partial charge in [0.25, 0.3) is 5.91 Å². The highest BCUT2D eigenvalue weighted by molar-refractivity contribution is 7.89. The second kappa shape index (κ2) is 8.34. The van der Waals surface area contributed by atoms with Crippen molar-refractivity contribution < 1.29 is 30.8 Å². The number of carbonyl (C=O) groups excluding carboxylic acids is 1. The molecule has 0 atom stereocenters. The van der Waals surface area contributed by atoms with Gasteiger partial charge in [-0.05, 0) is 37.0 Å². The van der Waals surface area contributed by atoms with E-state index in [1.807, 2.05) is 0 Å². The average Bonchev–Trinajstić information content (AvgIpc) is 3.12. The number of hydrogen-bond acceptors (Lipinski definition) is 4. The smallest absolute Gasteiger partial charge is 0.352 e. The fraction of sp³-hybridized carbons (Fsp3) is 0.444. The Labute approximate surface area is 170 Å². The van der Waals surface area contributed by atoms with Crippen molar-refractivity contribution >= 4 is 15.9 Å². The van der Waals surface area contributed by atoms with Crippen LogP contribution in [0.25, 0.3) is 0 Å². The van der Waals surface area contributed by atoms with E-state index in [1.165, 1.54) is 10.9 Å². The monoisotopic (exact) mass is 448 g/mol. The highest BCUT2D eigenvalue weighted by atomic mass is 32.2. The quantitative estimate of drug-likeness (QED) is 0.712. The Morgan fingerprint density at radius 2 is 1.93 bits per heavy atom. The first-order valence-electron chi connectivity index (χ1n) is 9.12. The molecule has 2 aromatic rings. The van der Waals surface area contributed by atoms with Crippen LogP contribution in [0.5, 0.6) is 0 Å². The largest absolute Gasteiger partial charge is 0.416 e. The number of rotatable bonds is 5. The number of halogens is 4. The van der Waals surface area contributed by atoms with Gasteiger partial charge in [-0.2, -0.15) is 22.6 Å². The van der Waals surface area contributed by atoms with Crippen molar-refractivity contribution in [2.45, 2.75) is 23.9 Å². The molecule has 30 heavy (non-hydrogen) atoms. The number of carbonyl (C=O) groups is 1. The molecule has 0 radical (unpaired) electrons. The van der Waals surface area contributed by atoms with Gasteiger partial charge in [-0.3, -0.25) is 9.48 Å². The molecule has 1 aromatic carbocycles. The summed E-state index contributed by atoms with van der Waals surface area (Å²) in [5, 5.41) is 6.66. The Hall–Kier alpha value is -2.47. The van der Waals surface area contributed by atoms with Crippen LogP contribution in [0.15, 0.2) is 35.5 Å². The third-order valence-electron chi connectivity index (χ3n) is 4.97. The molecule has 2 heterocycles. The molecule has 0 saturated carbocycles. The van der Waals surface area contributed by atoms with Crippen molar-refractivity contribution in [3.05, 3.63) is 47.5 Å². The van der Waals surface area contributed by atoms with Crippen LogP contribution in [0.4, 0.5) is 17.6 Å². The predicted octanol–water partition coefficient (Wildman–Crippen LogP) is 2.41. The number of hydrogen-bond donors (Lipinski definition) is 1. The van der Waals surface area contributed by atoms with Gasteiger partial charge in [0, 0.05) is 32.9 Å². The Kier molecular flexibility index (Phi) is 6.18. The summed E-state index contributed by atoms with van der Waals surface area (Å²) < 4.78 is 80.5. The van der Waals surface area contributed by atoms with E-state index in [9.17, 15) is 30.8 Å². The van der Waals surface area contributed by atoms with Crippen LogP contribution in [0.1, 0.15) is 28.8 Å². The average molecular weight is 448 g/mol. The number of nitrogens with one attached hydrogen (secondary N) is 1. The first-order valence-corrected chi connectivity index (χ1v) is 10.6. The maximum atomic E-state index is 14.0. The number of amides is 1. The fourth-order valence-electron chi connectivity index (χ4n) is 3.25. The maximum Gasteiger partial charge on any atom is 0.416 e. The normalized spacial score (nSPS) is 16.6. The fourth-order valence-corrected chi connectivity index (χ4v) is 4.81. The van der Waals surface area contributed by atoms with E-state index in [2.05, 4.69) is 10.4 Å². The van der Waals surface area contributed by atoms with Crippen LogP contribution >= 0.6 is 0 Å². The summed E-state index contributed by atoms with van der Waals surface area (Å²) >= 11 is 0. The molecule has 164 valence electrons. The number of aryl methyl sites for hydroxylation is 1. The molecule has 0 bridgehead atoms. The molecule has 0 unspecified atom stereocenters. The molecule has 0 aliphatic carbocycles. The minimum atomic E-state index is -4.78. The van der Waals surface area contributed by atoms with E-state index in [0.717, 1.165) is 4.31 Å². The van der Waals surface area contributed by atoms with Gasteiger partial charge in [-0.25, -0.2) is 12.8 Å². The first-order chi connectivity index (χ1) is 14.0. The number of sulfonamides is 1. The van der Waals surface area contributed by atoms with Crippen molar-refractivity contribution in [3.8, 4) is 0 Å². The van der Waals surface area contributed by atoms with Crippen LogP contribution in [-0.2, 0) is 23.2 Å². The summed E-state index contributed by atoms with van der Waals surface area (Å²) in [5.41, 5.74) is -0.826. The second-order valence-corrected chi connectivity index (χ2v) is 9.01. The molecule has 1 aliphatic rings. The zero-order chi connectivity index (χ0) is 22.1. The highest BCUT2D eigenvalue weighted by Gasteiger charge is 2.36. The molecule has 1 fully saturated rings. The van der Waals surface area contributed by atoms with E-state index in [4.69, 9.17) is 0 Å². The summed E-state index contributed by atoms with van der Waals surface area (Å²) in [6.07, 6.45) is -1.03. The Balaban J connectivity index is 1.62. The van der Waals surface area contributed by atoms with Gasteiger partial charge in [0.2, 0.25) is 10.0 Å². The van der Waals surface area contributed by atoms with E-state index in [0.29, 0.717) is 43.1 Å². The lowest BCUT2D eigenvalue weighted by Gasteiger charge is -2.31. The molecule has 1 aromatic heterocycles. The minimum Gasteiger partial charge on any atom is -0.352 e. The van der Waals surface area contributed by atoms with Gasteiger partial charge >= 0.3 is 6.18 Å². The lowest BCUT2D eigenvalue weighted by Crippen LogP contribution is -2.41. The topological polar surface area (TPSA) is 84.3 Å². The van der Waals surface area contributed by atoms with Gasteiger partial charge < -0.3 is 5.32 Å². The lowest BCUT2D eigenvalue weighted by atomic mass is 9.98. The van der Waals surface area contributed by atoms with E-state index < -0.39 is 32.5 Å². The van der Waals surface area contributed by atoms with Crippen LogP contribution in [0, 0.1) is 11.7 Å². The lowest BCUT2D eigenvalue weighted by molar-refractivity contribution is -0.137. The molecule has 0 spiro atoms. The van der Waals surface area contributed by atoms with E-state index in [1.54, 1.807) is 13.2 Å². The van der Waals surface area contributed by atoms with Gasteiger partial charge in [0.1, 0.15) is 10.7 Å². The van der Waals surface area contributed by atoms with Crippen molar-refractivity contribution in [2.75, 3.05) is 19.6 Å². The summed E-state index contributed by atoms with van der Waals surface area (Å²) in [7, 11) is -2.73. The molecule has 3 rings (SSSR count). The standard InChI is InChI=1S/C18H20F4N4O3S/c1-25-11-13(10-24-25)17(27)23-9-12-4-6-26(7-5-12)30(28,29)16-8-14(18(20,21)22)2-3-15(16)19/h2-3,8,10-12H,4-7,9H2,1H3,(H,23,27). The zero-order valence-corrected chi connectivity index (χ0v) is 16.8. The van der Waals surface area contributed by atoms with Crippen LogP contribution in [0.2, 0.25) is 0 Å². The zero-order valence-electron chi connectivity index (χ0n) is 16.0. The van der Waals surface area contributed by atoms with Gasteiger partial charge in [-0.15, -0.1) is 0 Å². The second-order valence-electron chi connectivity index (χ2n) is 7.10. The van der Waals surface area contributed by atoms with Gasteiger partial charge in [-0.1, -0.05) is 0 Å². The van der Waals surface area contributed by atoms with Crippen molar-refractivity contribution in [2.24, 2.45) is 13.0 Å². The summed E-state index contributed by atoms with van der Waals surface area (Å²) in [4.78, 5) is 11.1. The number of aromatic nitrogens is 2. The third-order valence-corrected chi connectivity index (χ3v) is 6.88. The summed E-state index contributed by atoms with van der Waals surface area (Å²) in [5.74, 6) is -1.54. The SMILES string of the molecule is Cn1cc(C(=O)NCC2CCN(S(=O)(=O)c3cc(C(F)(F)F)ccc3F)CC2)cn1. The number of alkyl halides is 3. The van der Waals surface area contributed by atoms with E-state index >= 15 is 0 Å². The summed E-state index contributed by atoms with van der Waals surface area (Å²) in [6, 6.07) is 1.34. The molecule has 12 heteroatoms. The van der Waals surface area contributed by atoms with Gasteiger partial charge in [0.15, 0.2) is 0 Å². The molecule has 1 aliphatic heterocycles. The van der Waals surface area contributed by atoms with Crippen molar-refractivity contribution in [1.29, 1.82) is 0 Å². The van der Waals surface area contributed by atoms with Crippen LogP contribution < -0.4 is 5.32 Å². The van der Waals surface area contributed by atoms with Crippen molar-refractivity contribution in [1.82, 2.24) is 19.4 Å². The van der Waals surface area contributed by atoms with Crippen LogP contribution in [-0.4, -0.2) is 48.0 Å². The molecule has 1 amide bonds. The molecule has 1 saturated heterocycles. The first kappa shape index (κ1) is 22.2. The van der Waals surface area contributed by atoms with Crippen molar-refractivity contribution in [3.63, 3.8) is 0 Å². The van der Waals surface area contributed by atoms with Crippen LogP contribution in [0.3, 0.4) is 0 Å². The predicted molar refractivity (Wildman–Crippen MR) is 98.4 cm³/mol. The molecule has 7 nitrogen and oxygen atoms in total. The molecule has 1 N–H and O–H groups in total. The van der Waals surface area contributed by atoms with Gasteiger partial charge in [0.05, 0.1) is 17.3 Å². The number of nitrogens with zero attached hydrogens (tertiary/aromatic N) is 3. The Bertz CT molecular complexity index is 1030. The highest BCUT2D eigenvalue weighted by Crippen LogP contribution is 2.33. The van der Waals surface area contributed by atoms with E-state index in [-0.39, 0.29) is 24.9 Å². The Morgan fingerprint density at radius 1 is 1.27 bits per heavy atom. The summed E-state index contributed by atoms with van der Waals surface area (Å²) in [6.45, 7) is 0.358. The maximum absolute atomic E-state index is 14.0. The molecular formula is C18H20F4N4O3S. The molecular weight excluding hydrogens is 428 g/mol.